The number of carbonyl (C=O) groups is 1. The summed E-state index contributed by atoms with van der Waals surface area (Å²) in [5.41, 5.74) is 1.39. The zero-order chi connectivity index (χ0) is 14.9. The first-order valence-corrected chi connectivity index (χ1v) is 8.27. The van der Waals surface area contributed by atoms with Crippen molar-refractivity contribution in [2.45, 2.75) is 51.0 Å². The molecule has 1 amide bonds. The van der Waals surface area contributed by atoms with Crippen molar-refractivity contribution in [3.05, 3.63) is 35.9 Å². The minimum Gasteiger partial charge on any atom is -0.353 e. The zero-order valence-corrected chi connectivity index (χ0v) is 14.3. The fourth-order valence-corrected chi connectivity index (χ4v) is 3.26. The van der Waals surface area contributed by atoms with Gasteiger partial charge >= 0.3 is 0 Å². The standard InChI is InChI=1S/C18H28N2O.ClH/c1-19-13-7-12-18(21)20-17-11-6-5-10-16(17)14-15-8-3-2-4-9-15;/h2-4,8-9,16-17,19H,5-7,10-14H2,1H3,(H,20,21);1H. The van der Waals surface area contributed by atoms with E-state index in [9.17, 15) is 4.79 Å². The van der Waals surface area contributed by atoms with E-state index in [1.165, 1.54) is 24.8 Å². The van der Waals surface area contributed by atoms with Crippen LogP contribution in [0.3, 0.4) is 0 Å². The Bertz CT molecular complexity index is 424. The normalized spacial score (nSPS) is 21.0. The highest BCUT2D eigenvalue weighted by atomic mass is 35.5. The monoisotopic (exact) mass is 324 g/mol. The van der Waals surface area contributed by atoms with Crippen LogP contribution in [0.4, 0.5) is 0 Å². The van der Waals surface area contributed by atoms with Crippen molar-refractivity contribution >= 4 is 18.3 Å². The van der Waals surface area contributed by atoms with E-state index < -0.39 is 0 Å². The lowest BCUT2D eigenvalue weighted by Crippen LogP contribution is -2.43. The van der Waals surface area contributed by atoms with Gasteiger partial charge in [0.25, 0.3) is 0 Å². The summed E-state index contributed by atoms with van der Waals surface area (Å²) in [6, 6.07) is 11.0. The predicted molar refractivity (Wildman–Crippen MR) is 94.4 cm³/mol. The Hall–Kier alpha value is -1.06. The first kappa shape index (κ1) is 19.0. The molecular weight excluding hydrogens is 296 g/mol. The number of hydrogen-bond acceptors (Lipinski definition) is 2. The Balaban J connectivity index is 0.00000242. The van der Waals surface area contributed by atoms with Crippen LogP contribution < -0.4 is 10.6 Å². The van der Waals surface area contributed by atoms with Gasteiger partial charge in [-0.25, -0.2) is 0 Å². The van der Waals surface area contributed by atoms with Crippen LogP contribution >= 0.6 is 12.4 Å². The van der Waals surface area contributed by atoms with Gasteiger partial charge in [-0.05, 0) is 50.8 Å². The molecule has 0 radical (unpaired) electrons. The van der Waals surface area contributed by atoms with Crippen molar-refractivity contribution in [2.75, 3.05) is 13.6 Å². The quantitative estimate of drug-likeness (QED) is 0.755. The maximum atomic E-state index is 12.0. The topological polar surface area (TPSA) is 41.1 Å². The van der Waals surface area contributed by atoms with E-state index in [1.807, 2.05) is 7.05 Å². The molecule has 0 bridgehead atoms. The van der Waals surface area contributed by atoms with Crippen molar-refractivity contribution in [1.29, 1.82) is 0 Å². The van der Waals surface area contributed by atoms with E-state index in [4.69, 9.17) is 0 Å². The van der Waals surface area contributed by atoms with Gasteiger partial charge in [0.15, 0.2) is 0 Å². The van der Waals surface area contributed by atoms with Crippen LogP contribution in [-0.2, 0) is 11.2 Å². The number of amides is 1. The minimum absolute atomic E-state index is 0. The van der Waals surface area contributed by atoms with Gasteiger partial charge in [0, 0.05) is 12.5 Å². The number of benzene rings is 1. The van der Waals surface area contributed by atoms with Crippen molar-refractivity contribution in [2.24, 2.45) is 5.92 Å². The van der Waals surface area contributed by atoms with Gasteiger partial charge in [0.1, 0.15) is 0 Å². The minimum atomic E-state index is 0. The fraction of sp³-hybridized carbons (Fsp3) is 0.611. The Morgan fingerprint density at radius 1 is 1.18 bits per heavy atom. The number of nitrogens with one attached hydrogen (secondary N) is 2. The van der Waals surface area contributed by atoms with Gasteiger partial charge in [-0.15, -0.1) is 12.4 Å². The molecule has 0 aliphatic heterocycles. The summed E-state index contributed by atoms with van der Waals surface area (Å²) >= 11 is 0. The summed E-state index contributed by atoms with van der Waals surface area (Å²) in [5, 5.41) is 6.37. The Morgan fingerprint density at radius 2 is 1.91 bits per heavy atom. The summed E-state index contributed by atoms with van der Waals surface area (Å²) in [5.74, 6) is 0.810. The second kappa shape index (κ2) is 10.6. The van der Waals surface area contributed by atoms with Crippen molar-refractivity contribution in [3.63, 3.8) is 0 Å². The molecule has 1 aromatic rings. The number of hydrogen-bond donors (Lipinski definition) is 2. The summed E-state index contributed by atoms with van der Waals surface area (Å²) in [4.78, 5) is 12.0. The maximum absolute atomic E-state index is 12.0. The molecule has 3 nitrogen and oxygen atoms in total. The summed E-state index contributed by atoms with van der Waals surface area (Å²) < 4.78 is 0. The van der Waals surface area contributed by atoms with Gasteiger partial charge in [-0.1, -0.05) is 43.2 Å². The van der Waals surface area contributed by atoms with Crippen LogP contribution in [0.2, 0.25) is 0 Å². The largest absolute Gasteiger partial charge is 0.353 e. The molecule has 0 spiro atoms. The Kier molecular flexibility index (Phi) is 9.17. The lowest BCUT2D eigenvalue weighted by Gasteiger charge is -2.32. The van der Waals surface area contributed by atoms with E-state index in [2.05, 4.69) is 41.0 Å². The fourth-order valence-electron chi connectivity index (χ4n) is 3.26. The first-order valence-electron chi connectivity index (χ1n) is 8.27. The number of carbonyl (C=O) groups excluding carboxylic acids is 1. The van der Waals surface area contributed by atoms with Crippen LogP contribution in [0.5, 0.6) is 0 Å². The summed E-state index contributed by atoms with van der Waals surface area (Å²) in [7, 11) is 1.93. The highest BCUT2D eigenvalue weighted by molar-refractivity contribution is 5.85. The molecule has 1 aliphatic carbocycles. The molecule has 0 saturated heterocycles. The van der Waals surface area contributed by atoms with Crippen molar-refractivity contribution < 1.29 is 4.79 Å². The zero-order valence-electron chi connectivity index (χ0n) is 13.5. The van der Waals surface area contributed by atoms with Crippen LogP contribution in [0.15, 0.2) is 30.3 Å². The molecule has 22 heavy (non-hydrogen) atoms. The van der Waals surface area contributed by atoms with Crippen LogP contribution in [0, 0.1) is 5.92 Å². The molecule has 4 heteroatoms. The van der Waals surface area contributed by atoms with E-state index >= 15 is 0 Å². The van der Waals surface area contributed by atoms with E-state index in [1.54, 1.807) is 0 Å². The Labute approximate surface area is 140 Å². The highest BCUT2D eigenvalue weighted by Gasteiger charge is 2.26. The molecule has 2 rings (SSSR count). The smallest absolute Gasteiger partial charge is 0.220 e. The molecule has 1 fully saturated rings. The Morgan fingerprint density at radius 3 is 2.64 bits per heavy atom. The molecule has 2 N–H and O–H groups in total. The van der Waals surface area contributed by atoms with Gasteiger partial charge in [0.05, 0.1) is 0 Å². The SMILES string of the molecule is CNCCCC(=O)NC1CCCCC1Cc1ccccc1.Cl. The van der Waals surface area contributed by atoms with Crippen LogP contribution in [-0.4, -0.2) is 25.5 Å². The molecule has 2 atom stereocenters. The maximum Gasteiger partial charge on any atom is 0.220 e. The third-order valence-corrected chi connectivity index (χ3v) is 4.43. The molecule has 0 aromatic heterocycles. The molecule has 1 aliphatic rings. The van der Waals surface area contributed by atoms with E-state index in [-0.39, 0.29) is 18.3 Å². The molecule has 0 heterocycles. The van der Waals surface area contributed by atoms with Crippen molar-refractivity contribution in [1.82, 2.24) is 10.6 Å². The van der Waals surface area contributed by atoms with E-state index in [0.717, 1.165) is 25.8 Å². The molecule has 124 valence electrons. The average Bonchev–Trinajstić information content (AvgIpc) is 2.51. The average molecular weight is 325 g/mol. The third-order valence-electron chi connectivity index (χ3n) is 4.43. The van der Waals surface area contributed by atoms with Gasteiger partial charge in [-0.2, -0.15) is 0 Å². The van der Waals surface area contributed by atoms with Crippen LogP contribution in [0.1, 0.15) is 44.1 Å². The molecule has 1 saturated carbocycles. The lowest BCUT2D eigenvalue weighted by atomic mass is 9.80. The second-order valence-electron chi connectivity index (χ2n) is 6.12. The first-order chi connectivity index (χ1) is 10.3. The van der Waals surface area contributed by atoms with Gasteiger partial charge in [-0.3, -0.25) is 4.79 Å². The van der Waals surface area contributed by atoms with Gasteiger partial charge in [0.2, 0.25) is 5.91 Å². The van der Waals surface area contributed by atoms with E-state index in [0.29, 0.717) is 18.4 Å². The highest BCUT2D eigenvalue weighted by Crippen LogP contribution is 2.27. The molecule has 2 unspecified atom stereocenters. The third kappa shape index (κ3) is 6.37. The van der Waals surface area contributed by atoms with Crippen molar-refractivity contribution in [3.8, 4) is 0 Å². The number of rotatable bonds is 7. The molecule has 1 aromatic carbocycles. The van der Waals surface area contributed by atoms with Crippen LogP contribution in [0.25, 0.3) is 0 Å². The lowest BCUT2D eigenvalue weighted by molar-refractivity contribution is -0.122. The second-order valence-corrected chi connectivity index (χ2v) is 6.12. The van der Waals surface area contributed by atoms with Gasteiger partial charge < -0.3 is 10.6 Å². The summed E-state index contributed by atoms with van der Waals surface area (Å²) in [6.45, 7) is 0.908. The number of halogens is 1. The predicted octanol–water partition coefficient (Wildman–Crippen LogP) is 3.33. The molecular formula is C18H29ClN2O. The summed E-state index contributed by atoms with van der Waals surface area (Å²) in [6.07, 6.45) is 7.54.